The second-order valence-corrected chi connectivity index (χ2v) is 10.6. The molecule has 0 atom stereocenters. The van der Waals surface area contributed by atoms with Crippen molar-refractivity contribution in [2.45, 2.75) is 43.9 Å². The van der Waals surface area contributed by atoms with E-state index in [0.717, 1.165) is 5.75 Å². The van der Waals surface area contributed by atoms with Gasteiger partial charge in [-0.25, -0.2) is 8.42 Å². The lowest BCUT2D eigenvalue weighted by molar-refractivity contribution is -0.132. The zero-order valence-electron chi connectivity index (χ0n) is 18.5. The number of carbonyl (C=O) groups is 1. The van der Waals surface area contributed by atoms with Gasteiger partial charge < -0.3 is 9.64 Å². The lowest BCUT2D eigenvalue weighted by Crippen LogP contribution is -2.50. The Morgan fingerprint density at radius 3 is 2.32 bits per heavy atom. The first kappa shape index (κ1) is 23.2. The summed E-state index contributed by atoms with van der Waals surface area (Å²) in [5.74, 6) is 0.833. The molecule has 3 rings (SSSR count). The first-order valence-electron chi connectivity index (χ1n) is 10.6. The molecule has 0 N–H and O–H groups in total. The Kier molecular flexibility index (Phi) is 7.33. The van der Waals surface area contributed by atoms with Gasteiger partial charge in [0.05, 0.1) is 6.61 Å². The minimum atomic E-state index is -3.56. The molecule has 0 unspecified atom stereocenters. The van der Waals surface area contributed by atoms with Gasteiger partial charge in [0.15, 0.2) is 0 Å². The standard InChI is InChI=1S/C23H31N3O4S/c1-23(2,3)19-8-10-20(11-9-19)30-17-5-7-22(27)25-13-15-26(16-14-25)31(28,29)21-6-4-12-24-18-21/h4,6,8-12,18H,5,7,13-17H2,1-3H3. The third-order valence-corrected chi connectivity index (χ3v) is 7.27. The van der Waals surface area contributed by atoms with Crippen molar-refractivity contribution in [2.24, 2.45) is 0 Å². The Morgan fingerprint density at radius 1 is 1.06 bits per heavy atom. The summed E-state index contributed by atoms with van der Waals surface area (Å²) in [4.78, 5) is 18.3. The predicted molar refractivity (Wildman–Crippen MR) is 119 cm³/mol. The Labute approximate surface area is 185 Å². The molecule has 0 spiro atoms. The topological polar surface area (TPSA) is 79.8 Å². The van der Waals surface area contributed by atoms with Crippen molar-refractivity contribution in [3.8, 4) is 5.75 Å². The highest BCUT2D eigenvalue weighted by Crippen LogP contribution is 2.24. The minimum Gasteiger partial charge on any atom is -0.494 e. The average molecular weight is 446 g/mol. The molecule has 8 heteroatoms. The summed E-state index contributed by atoms with van der Waals surface area (Å²) in [6, 6.07) is 11.2. The van der Waals surface area contributed by atoms with E-state index in [-0.39, 0.29) is 16.2 Å². The molecule has 31 heavy (non-hydrogen) atoms. The van der Waals surface area contributed by atoms with Gasteiger partial charge in [-0.1, -0.05) is 32.9 Å². The van der Waals surface area contributed by atoms with Crippen molar-refractivity contribution < 1.29 is 17.9 Å². The van der Waals surface area contributed by atoms with E-state index in [4.69, 9.17) is 4.74 Å². The quantitative estimate of drug-likeness (QED) is 0.612. The molecule has 1 saturated heterocycles. The van der Waals surface area contributed by atoms with Gasteiger partial charge >= 0.3 is 0 Å². The number of nitrogens with zero attached hydrogens (tertiary/aromatic N) is 3. The molecule has 2 aromatic rings. The van der Waals surface area contributed by atoms with E-state index >= 15 is 0 Å². The van der Waals surface area contributed by atoms with Gasteiger partial charge in [-0.15, -0.1) is 0 Å². The fourth-order valence-electron chi connectivity index (χ4n) is 3.45. The van der Waals surface area contributed by atoms with Gasteiger partial charge in [-0.3, -0.25) is 9.78 Å². The molecule has 1 fully saturated rings. The van der Waals surface area contributed by atoms with Gasteiger partial charge in [0, 0.05) is 45.0 Å². The molecular weight excluding hydrogens is 414 g/mol. The number of rotatable bonds is 7. The lowest BCUT2D eigenvalue weighted by atomic mass is 9.87. The van der Waals surface area contributed by atoms with Gasteiger partial charge in [0.2, 0.25) is 15.9 Å². The van der Waals surface area contributed by atoms with Crippen LogP contribution in [0.3, 0.4) is 0 Å². The lowest BCUT2D eigenvalue weighted by Gasteiger charge is -2.34. The molecule has 2 heterocycles. The number of ether oxygens (including phenoxy) is 1. The number of amides is 1. The summed E-state index contributed by atoms with van der Waals surface area (Å²) in [5, 5.41) is 0. The summed E-state index contributed by atoms with van der Waals surface area (Å²) in [6.45, 7) is 8.35. The van der Waals surface area contributed by atoms with Crippen molar-refractivity contribution in [3.05, 3.63) is 54.4 Å². The first-order valence-corrected chi connectivity index (χ1v) is 12.0. The highest BCUT2D eigenvalue weighted by molar-refractivity contribution is 7.89. The molecule has 1 aromatic carbocycles. The second kappa shape index (κ2) is 9.78. The number of pyridine rings is 1. The molecule has 0 aliphatic carbocycles. The van der Waals surface area contributed by atoms with Crippen LogP contribution in [-0.2, 0) is 20.2 Å². The number of hydrogen-bond donors (Lipinski definition) is 0. The minimum absolute atomic E-state index is 0.0325. The molecule has 168 valence electrons. The van der Waals surface area contributed by atoms with Crippen LogP contribution in [0.5, 0.6) is 5.75 Å². The van der Waals surface area contributed by atoms with Crippen LogP contribution in [0.15, 0.2) is 53.7 Å². The molecule has 0 saturated carbocycles. The summed E-state index contributed by atoms with van der Waals surface area (Å²) in [6.07, 6.45) is 3.90. The zero-order chi connectivity index (χ0) is 22.5. The Morgan fingerprint density at radius 2 is 1.74 bits per heavy atom. The maximum Gasteiger partial charge on any atom is 0.244 e. The maximum absolute atomic E-state index is 12.7. The summed E-state index contributed by atoms with van der Waals surface area (Å²) in [7, 11) is -3.56. The van der Waals surface area contributed by atoms with Crippen LogP contribution in [0, 0.1) is 0 Å². The van der Waals surface area contributed by atoms with Crippen LogP contribution in [0.2, 0.25) is 0 Å². The van der Waals surface area contributed by atoms with E-state index in [2.05, 4.69) is 37.9 Å². The first-order chi connectivity index (χ1) is 14.7. The van der Waals surface area contributed by atoms with Gasteiger partial charge in [0.25, 0.3) is 0 Å². The van der Waals surface area contributed by atoms with Crippen molar-refractivity contribution in [1.29, 1.82) is 0 Å². The molecule has 1 aliphatic rings. The number of piperazine rings is 1. The van der Waals surface area contributed by atoms with E-state index in [1.807, 2.05) is 12.1 Å². The van der Waals surface area contributed by atoms with Gasteiger partial charge in [-0.2, -0.15) is 4.31 Å². The number of sulfonamides is 1. The molecule has 0 bridgehead atoms. The normalized spacial score (nSPS) is 15.6. The van der Waals surface area contributed by atoms with E-state index in [1.54, 1.807) is 17.2 Å². The summed E-state index contributed by atoms with van der Waals surface area (Å²) < 4.78 is 32.5. The van der Waals surface area contributed by atoms with Crippen molar-refractivity contribution >= 4 is 15.9 Å². The van der Waals surface area contributed by atoms with Crippen LogP contribution in [0.25, 0.3) is 0 Å². The largest absolute Gasteiger partial charge is 0.494 e. The molecule has 0 radical (unpaired) electrons. The van der Waals surface area contributed by atoms with E-state index in [9.17, 15) is 13.2 Å². The van der Waals surface area contributed by atoms with Gasteiger partial charge in [0.1, 0.15) is 10.6 Å². The summed E-state index contributed by atoms with van der Waals surface area (Å²) in [5.41, 5.74) is 1.35. The predicted octanol–water partition coefficient (Wildman–Crippen LogP) is 3.07. The van der Waals surface area contributed by atoms with E-state index < -0.39 is 10.0 Å². The average Bonchev–Trinajstić information content (AvgIpc) is 2.77. The molecule has 7 nitrogen and oxygen atoms in total. The zero-order valence-corrected chi connectivity index (χ0v) is 19.3. The third-order valence-electron chi connectivity index (χ3n) is 5.39. The van der Waals surface area contributed by atoms with E-state index in [0.29, 0.717) is 45.6 Å². The van der Waals surface area contributed by atoms with Crippen molar-refractivity contribution in [1.82, 2.24) is 14.2 Å². The summed E-state index contributed by atoms with van der Waals surface area (Å²) >= 11 is 0. The second-order valence-electron chi connectivity index (χ2n) is 8.70. The van der Waals surface area contributed by atoms with Crippen molar-refractivity contribution in [2.75, 3.05) is 32.8 Å². The Hall–Kier alpha value is -2.45. The smallest absolute Gasteiger partial charge is 0.244 e. The van der Waals surface area contributed by atoms with E-state index in [1.165, 1.54) is 22.1 Å². The fraction of sp³-hybridized carbons (Fsp3) is 0.478. The molecule has 1 amide bonds. The number of carbonyl (C=O) groups excluding carboxylic acids is 1. The van der Waals surface area contributed by atoms with Crippen LogP contribution >= 0.6 is 0 Å². The number of aromatic nitrogens is 1. The Bertz CT molecular complexity index is 962. The molecule has 1 aromatic heterocycles. The number of hydrogen-bond acceptors (Lipinski definition) is 5. The van der Waals surface area contributed by atoms with Crippen molar-refractivity contribution in [3.63, 3.8) is 0 Å². The Balaban J connectivity index is 1.40. The monoisotopic (exact) mass is 445 g/mol. The number of benzene rings is 1. The SMILES string of the molecule is CC(C)(C)c1ccc(OCCCC(=O)N2CCN(S(=O)(=O)c3cccnc3)CC2)cc1. The van der Waals surface area contributed by atoms with Crippen LogP contribution in [0.1, 0.15) is 39.2 Å². The molecule has 1 aliphatic heterocycles. The van der Waals surface area contributed by atoms with Crippen LogP contribution < -0.4 is 4.74 Å². The highest BCUT2D eigenvalue weighted by atomic mass is 32.2. The third kappa shape index (κ3) is 6.04. The molecular formula is C23H31N3O4S. The van der Waals surface area contributed by atoms with Crippen LogP contribution in [0.4, 0.5) is 0 Å². The van der Waals surface area contributed by atoms with Gasteiger partial charge in [-0.05, 0) is 41.7 Å². The highest BCUT2D eigenvalue weighted by Gasteiger charge is 2.30. The van der Waals surface area contributed by atoms with Crippen LogP contribution in [-0.4, -0.2) is 61.3 Å². The maximum atomic E-state index is 12.7. The fourth-order valence-corrected chi connectivity index (χ4v) is 4.84.